The van der Waals surface area contributed by atoms with Crippen molar-refractivity contribution in [2.75, 3.05) is 4.90 Å². The molecule has 1 atom stereocenters. The highest BCUT2D eigenvalue weighted by molar-refractivity contribution is 7.86. The summed E-state index contributed by atoms with van der Waals surface area (Å²) in [4.78, 5) is 12.5. The van der Waals surface area contributed by atoms with E-state index in [1.807, 2.05) is 0 Å². The number of carbonyl (C=O) groups is 1. The van der Waals surface area contributed by atoms with E-state index in [1.165, 1.54) is 6.92 Å². The molecule has 0 aromatic heterocycles. The van der Waals surface area contributed by atoms with Gasteiger partial charge in [0, 0.05) is 19.0 Å². The Morgan fingerprint density at radius 3 is 2.62 bits per heavy atom. The maximum Gasteiger partial charge on any atom is 0.287 e. The van der Waals surface area contributed by atoms with E-state index in [-0.39, 0.29) is 6.42 Å². The van der Waals surface area contributed by atoms with E-state index < -0.39 is 21.4 Å². The minimum absolute atomic E-state index is 0.134. The fourth-order valence-corrected chi connectivity index (χ4v) is 2.88. The number of hydrogen-bond acceptors (Lipinski definition) is 3. The summed E-state index contributed by atoms with van der Waals surface area (Å²) in [5.74, 6) is -0.396. The maximum atomic E-state index is 11.4. The third-order valence-corrected chi connectivity index (χ3v) is 3.68. The summed E-state index contributed by atoms with van der Waals surface area (Å²) in [5, 5.41) is -1.19. The fraction of sp³-hybridized carbons (Fsp3) is 0.300. The molecule has 1 aliphatic heterocycles. The average Bonchev–Trinajstić information content (AvgIpc) is 2.55. The molecule has 6 heteroatoms. The van der Waals surface area contributed by atoms with Crippen LogP contribution in [0.25, 0.3) is 0 Å². The molecule has 0 saturated heterocycles. The predicted octanol–water partition coefficient (Wildman–Crippen LogP) is 0.810. The van der Waals surface area contributed by atoms with Gasteiger partial charge in [-0.1, -0.05) is 18.2 Å². The number of rotatable bonds is 1. The lowest BCUT2D eigenvalue weighted by Gasteiger charge is -2.21. The van der Waals surface area contributed by atoms with E-state index >= 15 is 0 Å². The number of benzene rings is 1. The summed E-state index contributed by atoms with van der Waals surface area (Å²) in [7, 11) is -4.26. The van der Waals surface area contributed by atoms with Gasteiger partial charge in [-0.05, 0) is 11.6 Å². The highest BCUT2D eigenvalue weighted by Crippen LogP contribution is 2.33. The van der Waals surface area contributed by atoms with E-state index in [2.05, 4.69) is 0 Å². The lowest BCUT2D eigenvalue weighted by atomic mass is 10.2. The fourth-order valence-electron chi connectivity index (χ4n) is 1.96. The van der Waals surface area contributed by atoms with Gasteiger partial charge in [-0.3, -0.25) is 14.2 Å². The second-order valence-corrected chi connectivity index (χ2v) is 5.27. The van der Waals surface area contributed by atoms with E-state index in [4.69, 9.17) is 4.55 Å². The normalized spacial score (nSPS) is 19.6. The van der Waals surface area contributed by atoms with Crippen molar-refractivity contribution in [3.8, 4) is 0 Å². The second-order valence-electron chi connectivity index (χ2n) is 3.69. The molecule has 2 rings (SSSR count). The van der Waals surface area contributed by atoms with Gasteiger partial charge < -0.3 is 0 Å². The highest BCUT2D eigenvalue weighted by atomic mass is 32.2. The Hall–Kier alpha value is -1.40. The molecule has 86 valence electrons. The van der Waals surface area contributed by atoms with E-state index in [9.17, 15) is 13.2 Å². The van der Waals surface area contributed by atoms with Crippen LogP contribution in [0.5, 0.6) is 0 Å². The maximum absolute atomic E-state index is 11.4. The summed E-state index contributed by atoms with van der Waals surface area (Å²) in [6.07, 6.45) is 0.134. The van der Waals surface area contributed by atoms with Crippen LogP contribution in [0.1, 0.15) is 12.5 Å². The van der Waals surface area contributed by atoms with Gasteiger partial charge in [0.2, 0.25) is 5.91 Å². The van der Waals surface area contributed by atoms with Gasteiger partial charge in [-0.2, -0.15) is 8.42 Å². The molecule has 0 spiro atoms. The Labute approximate surface area is 93.4 Å². The molecule has 0 fully saturated rings. The van der Waals surface area contributed by atoms with Gasteiger partial charge in [-0.25, -0.2) is 0 Å². The minimum atomic E-state index is -4.26. The number of amides is 1. The van der Waals surface area contributed by atoms with Crippen molar-refractivity contribution in [1.82, 2.24) is 0 Å². The van der Waals surface area contributed by atoms with Crippen molar-refractivity contribution >= 4 is 21.7 Å². The molecule has 0 radical (unpaired) electrons. The number of para-hydroxylation sites is 1. The Bertz CT molecular complexity index is 538. The second kappa shape index (κ2) is 3.57. The third-order valence-electron chi connectivity index (χ3n) is 2.62. The Balaban J connectivity index is 2.54. The van der Waals surface area contributed by atoms with Crippen molar-refractivity contribution in [2.45, 2.75) is 18.7 Å². The molecule has 1 heterocycles. The molecular weight excluding hydrogens is 230 g/mol. The van der Waals surface area contributed by atoms with E-state index in [0.717, 1.165) is 10.5 Å². The van der Waals surface area contributed by atoms with Gasteiger partial charge in [0.15, 0.2) is 5.37 Å². The summed E-state index contributed by atoms with van der Waals surface area (Å²) < 4.78 is 31.4. The van der Waals surface area contributed by atoms with E-state index in [0.29, 0.717) is 5.69 Å². The zero-order valence-electron chi connectivity index (χ0n) is 8.62. The monoisotopic (exact) mass is 241 g/mol. The summed E-state index contributed by atoms with van der Waals surface area (Å²) in [6.45, 7) is 1.28. The predicted molar refractivity (Wildman–Crippen MR) is 58.6 cm³/mol. The summed E-state index contributed by atoms with van der Waals surface area (Å²) >= 11 is 0. The Morgan fingerprint density at radius 2 is 2.06 bits per heavy atom. The third kappa shape index (κ3) is 1.70. The number of nitrogens with zero attached hydrogens (tertiary/aromatic N) is 1. The van der Waals surface area contributed by atoms with Crippen molar-refractivity contribution < 1.29 is 17.8 Å². The van der Waals surface area contributed by atoms with Gasteiger partial charge in [0.05, 0.1) is 0 Å². The Kier molecular flexibility index (Phi) is 2.47. The molecular formula is C10H11NO4S. The first-order chi connectivity index (χ1) is 7.41. The Morgan fingerprint density at radius 1 is 1.44 bits per heavy atom. The smallest absolute Gasteiger partial charge is 0.287 e. The van der Waals surface area contributed by atoms with Gasteiger partial charge in [0.25, 0.3) is 10.1 Å². The van der Waals surface area contributed by atoms with Gasteiger partial charge in [-0.15, -0.1) is 0 Å². The van der Waals surface area contributed by atoms with Gasteiger partial charge in [0.1, 0.15) is 0 Å². The van der Waals surface area contributed by atoms with Crippen LogP contribution in [0.15, 0.2) is 24.3 Å². The van der Waals surface area contributed by atoms with Crippen molar-refractivity contribution in [1.29, 1.82) is 0 Å². The zero-order valence-corrected chi connectivity index (χ0v) is 9.44. The molecule has 1 aromatic rings. The lowest BCUT2D eigenvalue weighted by molar-refractivity contribution is -0.116. The molecule has 0 unspecified atom stereocenters. The number of hydrogen-bond donors (Lipinski definition) is 1. The average molecular weight is 241 g/mol. The molecule has 1 aliphatic rings. The molecule has 16 heavy (non-hydrogen) atoms. The van der Waals surface area contributed by atoms with Crippen LogP contribution < -0.4 is 4.90 Å². The molecule has 5 nitrogen and oxygen atoms in total. The molecule has 1 aromatic carbocycles. The number of carbonyl (C=O) groups excluding carboxylic acids is 1. The van der Waals surface area contributed by atoms with Crippen molar-refractivity contribution in [3.63, 3.8) is 0 Å². The van der Waals surface area contributed by atoms with E-state index in [1.54, 1.807) is 24.3 Å². The van der Waals surface area contributed by atoms with Gasteiger partial charge >= 0.3 is 0 Å². The minimum Gasteiger partial charge on any atom is -0.292 e. The highest BCUT2D eigenvalue weighted by Gasteiger charge is 2.39. The number of fused-ring (bicyclic) bond motifs is 1. The van der Waals surface area contributed by atoms with Crippen LogP contribution >= 0.6 is 0 Å². The molecule has 0 saturated carbocycles. The molecule has 0 aliphatic carbocycles. The molecule has 0 bridgehead atoms. The SMILES string of the molecule is CC(=O)N1c2ccccc2C[C@@H]1S(=O)(=O)O. The standard InChI is InChI=1S/C10H11NO4S/c1-7(12)11-9-5-3-2-4-8(9)6-10(11)16(13,14)15/h2-5,10H,6H2,1H3,(H,13,14,15)/t10-/m0/s1. The van der Waals surface area contributed by atoms with Crippen LogP contribution in [0.2, 0.25) is 0 Å². The topological polar surface area (TPSA) is 74.7 Å². The van der Waals surface area contributed by atoms with Crippen LogP contribution in [0.4, 0.5) is 5.69 Å². The molecule has 1 N–H and O–H groups in total. The quantitative estimate of drug-likeness (QED) is 0.738. The van der Waals surface area contributed by atoms with Crippen LogP contribution in [0.3, 0.4) is 0 Å². The molecule has 1 amide bonds. The van der Waals surface area contributed by atoms with Crippen LogP contribution in [-0.4, -0.2) is 24.3 Å². The van der Waals surface area contributed by atoms with Crippen molar-refractivity contribution in [3.05, 3.63) is 29.8 Å². The first-order valence-electron chi connectivity index (χ1n) is 4.75. The zero-order chi connectivity index (χ0) is 11.9. The van der Waals surface area contributed by atoms with Crippen LogP contribution in [0, 0.1) is 0 Å². The summed E-state index contributed by atoms with van der Waals surface area (Å²) in [5.41, 5.74) is 1.30. The first kappa shape index (κ1) is 11.1. The van der Waals surface area contributed by atoms with Crippen molar-refractivity contribution in [2.24, 2.45) is 0 Å². The number of anilines is 1. The largest absolute Gasteiger partial charge is 0.292 e. The summed E-state index contributed by atoms with van der Waals surface area (Å²) in [6, 6.07) is 6.91. The van der Waals surface area contributed by atoms with Crippen LogP contribution in [-0.2, 0) is 21.3 Å². The lowest BCUT2D eigenvalue weighted by Crippen LogP contribution is -2.41. The first-order valence-corrected chi connectivity index (χ1v) is 6.25.